The third kappa shape index (κ3) is 4.78. The van der Waals surface area contributed by atoms with E-state index in [2.05, 4.69) is 15.2 Å². The van der Waals surface area contributed by atoms with Gasteiger partial charge in [-0.25, -0.2) is 0 Å². The van der Waals surface area contributed by atoms with Crippen molar-refractivity contribution in [2.75, 3.05) is 33.2 Å². The second-order valence-electron chi connectivity index (χ2n) is 6.00. The van der Waals surface area contributed by atoms with Gasteiger partial charge in [0.15, 0.2) is 5.96 Å². The van der Waals surface area contributed by atoms with Gasteiger partial charge in [-0.1, -0.05) is 12.8 Å². The summed E-state index contributed by atoms with van der Waals surface area (Å²) >= 11 is 0. The van der Waals surface area contributed by atoms with Crippen LogP contribution in [-0.2, 0) is 4.79 Å². The summed E-state index contributed by atoms with van der Waals surface area (Å²) in [5.74, 6) is 1.25. The Labute approximate surface area is 128 Å². The fraction of sp³-hybridized carbons (Fsp3) is 0.857. The summed E-state index contributed by atoms with van der Waals surface area (Å²) in [6.07, 6.45) is 0.595. The highest BCUT2D eigenvalue weighted by Crippen LogP contribution is 2.35. The maximum atomic E-state index is 12.0. The van der Waals surface area contributed by atoms with E-state index in [0.717, 1.165) is 13.1 Å². The van der Waals surface area contributed by atoms with E-state index < -0.39 is 18.6 Å². The Morgan fingerprint density at radius 2 is 1.77 bits per heavy atom. The zero-order valence-electron chi connectivity index (χ0n) is 12.7. The lowest BCUT2D eigenvalue weighted by Gasteiger charge is -2.22. The second kappa shape index (κ2) is 7.19. The maximum Gasteiger partial charge on any atom is 0.405 e. The molecule has 2 fully saturated rings. The molecule has 22 heavy (non-hydrogen) atoms. The minimum Gasteiger partial charge on any atom is -0.347 e. The van der Waals surface area contributed by atoms with Crippen LogP contribution >= 0.6 is 0 Å². The number of carbonyl (C=O) groups is 1. The predicted octanol–water partition coefficient (Wildman–Crippen LogP) is 1.36. The zero-order valence-corrected chi connectivity index (χ0v) is 12.7. The maximum absolute atomic E-state index is 12.0. The molecule has 1 amide bonds. The molecule has 1 saturated heterocycles. The Morgan fingerprint density at radius 3 is 2.27 bits per heavy atom. The quantitative estimate of drug-likeness (QED) is 0.610. The van der Waals surface area contributed by atoms with Gasteiger partial charge in [0.1, 0.15) is 6.54 Å². The van der Waals surface area contributed by atoms with E-state index in [9.17, 15) is 18.0 Å². The SMILES string of the molecule is CN=C(NCC(=O)NCC(F)(F)F)N1CC2CCCCC2C1. The summed E-state index contributed by atoms with van der Waals surface area (Å²) in [6.45, 7) is 0.317. The third-order valence-electron chi connectivity index (χ3n) is 4.38. The van der Waals surface area contributed by atoms with E-state index in [0.29, 0.717) is 17.8 Å². The highest BCUT2D eigenvalue weighted by molar-refractivity contribution is 5.86. The van der Waals surface area contributed by atoms with Crippen molar-refractivity contribution < 1.29 is 18.0 Å². The summed E-state index contributed by atoms with van der Waals surface area (Å²) < 4.78 is 36.1. The number of nitrogens with one attached hydrogen (secondary N) is 2. The van der Waals surface area contributed by atoms with E-state index >= 15 is 0 Å². The van der Waals surface area contributed by atoms with Crippen LogP contribution in [0.4, 0.5) is 13.2 Å². The first-order valence-electron chi connectivity index (χ1n) is 7.68. The largest absolute Gasteiger partial charge is 0.405 e. The first-order chi connectivity index (χ1) is 10.4. The van der Waals surface area contributed by atoms with Crippen molar-refractivity contribution in [1.82, 2.24) is 15.5 Å². The zero-order chi connectivity index (χ0) is 16.2. The van der Waals surface area contributed by atoms with Crippen molar-refractivity contribution in [3.05, 3.63) is 0 Å². The topological polar surface area (TPSA) is 56.7 Å². The fourth-order valence-corrected chi connectivity index (χ4v) is 3.33. The molecule has 0 spiro atoms. The van der Waals surface area contributed by atoms with Gasteiger partial charge >= 0.3 is 6.18 Å². The molecule has 2 aliphatic rings. The van der Waals surface area contributed by atoms with E-state index in [1.165, 1.54) is 25.7 Å². The lowest BCUT2D eigenvalue weighted by Crippen LogP contribution is -2.46. The molecule has 1 saturated carbocycles. The molecule has 0 aromatic rings. The molecule has 2 unspecified atom stereocenters. The molecule has 2 rings (SSSR count). The van der Waals surface area contributed by atoms with E-state index in [1.807, 2.05) is 5.32 Å². The summed E-state index contributed by atoms with van der Waals surface area (Å²) in [5.41, 5.74) is 0. The van der Waals surface area contributed by atoms with Crippen LogP contribution in [0.15, 0.2) is 4.99 Å². The first kappa shape index (κ1) is 16.9. The van der Waals surface area contributed by atoms with Gasteiger partial charge in [0, 0.05) is 20.1 Å². The molecule has 1 aliphatic heterocycles. The normalized spacial score (nSPS) is 25.8. The Bertz CT molecular complexity index is 411. The van der Waals surface area contributed by atoms with E-state index in [1.54, 1.807) is 7.05 Å². The number of fused-ring (bicyclic) bond motifs is 1. The molecule has 0 aromatic heterocycles. The summed E-state index contributed by atoms with van der Waals surface area (Å²) in [7, 11) is 1.62. The van der Waals surface area contributed by atoms with Gasteiger partial charge < -0.3 is 15.5 Å². The minimum absolute atomic E-state index is 0.200. The molecule has 8 heteroatoms. The van der Waals surface area contributed by atoms with Crippen molar-refractivity contribution in [3.8, 4) is 0 Å². The van der Waals surface area contributed by atoms with Gasteiger partial charge in [-0.3, -0.25) is 9.79 Å². The van der Waals surface area contributed by atoms with Gasteiger partial charge in [0.25, 0.3) is 0 Å². The highest BCUT2D eigenvalue weighted by Gasteiger charge is 2.35. The molecule has 126 valence electrons. The summed E-state index contributed by atoms with van der Waals surface area (Å²) in [4.78, 5) is 17.7. The number of guanidine groups is 1. The van der Waals surface area contributed by atoms with Gasteiger partial charge in [-0.2, -0.15) is 13.2 Å². The minimum atomic E-state index is -4.39. The smallest absolute Gasteiger partial charge is 0.347 e. The standard InChI is InChI=1S/C14H23F3N4O/c1-18-13(19-6-12(22)20-9-14(15,16)17)21-7-10-4-2-3-5-11(10)8-21/h10-11H,2-9H2,1H3,(H,18,19)(H,20,22). The van der Waals surface area contributed by atoms with Crippen molar-refractivity contribution in [3.63, 3.8) is 0 Å². The third-order valence-corrected chi connectivity index (χ3v) is 4.38. The van der Waals surface area contributed by atoms with Crippen LogP contribution in [0.25, 0.3) is 0 Å². The van der Waals surface area contributed by atoms with Crippen LogP contribution in [0.1, 0.15) is 25.7 Å². The van der Waals surface area contributed by atoms with E-state index in [4.69, 9.17) is 0 Å². The number of likely N-dealkylation sites (tertiary alicyclic amines) is 1. The highest BCUT2D eigenvalue weighted by atomic mass is 19.4. The Hall–Kier alpha value is -1.47. The van der Waals surface area contributed by atoms with Crippen molar-refractivity contribution >= 4 is 11.9 Å². The molecule has 0 radical (unpaired) electrons. The molecule has 0 aromatic carbocycles. The van der Waals surface area contributed by atoms with Crippen LogP contribution in [0, 0.1) is 11.8 Å². The molecule has 5 nitrogen and oxygen atoms in total. The van der Waals surface area contributed by atoms with E-state index in [-0.39, 0.29) is 6.54 Å². The Morgan fingerprint density at radius 1 is 1.18 bits per heavy atom. The van der Waals surface area contributed by atoms with Gasteiger partial charge in [0.05, 0.1) is 6.54 Å². The number of amides is 1. The number of halogens is 3. The van der Waals surface area contributed by atoms with Crippen molar-refractivity contribution in [2.24, 2.45) is 16.8 Å². The second-order valence-corrected chi connectivity index (χ2v) is 6.00. The van der Waals surface area contributed by atoms with Gasteiger partial charge in [-0.05, 0) is 24.7 Å². The van der Waals surface area contributed by atoms with Crippen molar-refractivity contribution in [1.29, 1.82) is 0 Å². The van der Waals surface area contributed by atoms with Crippen LogP contribution in [-0.4, -0.2) is 56.2 Å². The monoisotopic (exact) mass is 320 g/mol. The van der Waals surface area contributed by atoms with Crippen molar-refractivity contribution in [2.45, 2.75) is 31.9 Å². The lowest BCUT2D eigenvalue weighted by molar-refractivity contribution is -0.137. The molecule has 1 aliphatic carbocycles. The molecule has 1 heterocycles. The predicted molar refractivity (Wildman–Crippen MR) is 77.4 cm³/mol. The number of nitrogens with zero attached hydrogens (tertiary/aromatic N) is 2. The van der Waals surface area contributed by atoms with Crippen LogP contribution in [0.5, 0.6) is 0 Å². The number of alkyl halides is 3. The van der Waals surface area contributed by atoms with Crippen LogP contribution in [0.3, 0.4) is 0 Å². The Kier molecular flexibility index (Phi) is 5.52. The average molecular weight is 320 g/mol. The number of aliphatic imine (C=N–C) groups is 1. The number of rotatable bonds is 3. The Balaban J connectivity index is 1.77. The molecular formula is C14H23F3N4O. The fourth-order valence-electron chi connectivity index (χ4n) is 3.33. The number of carbonyl (C=O) groups excluding carboxylic acids is 1. The first-order valence-corrected chi connectivity index (χ1v) is 7.68. The molecule has 2 N–H and O–H groups in total. The number of hydrogen-bond acceptors (Lipinski definition) is 2. The van der Waals surface area contributed by atoms with Crippen LogP contribution in [0.2, 0.25) is 0 Å². The van der Waals surface area contributed by atoms with Crippen LogP contribution < -0.4 is 10.6 Å². The van der Waals surface area contributed by atoms with Gasteiger partial charge in [-0.15, -0.1) is 0 Å². The molecular weight excluding hydrogens is 297 g/mol. The summed E-state index contributed by atoms with van der Waals surface area (Å²) in [6, 6.07) is 0. The average Bonchev–Trinajstić information content (AvgIpc) is 2.88. The van der Waals surface area contributed by atoms with Gasteiger partial charge in [0.2, 0.25) is 5.91 Å². The molecule has 2 atom stereocenters. The lowest BCUT2D eigenvalue weighted by atomic mass is 9.82. The summed E-state index contributed by atoms with van der Waals surface area (Å²) in [5, 5.41) is 4.70. The molecule has 0 bridgehead atoms. The number of hydrogen-bond donors (Lipinski definition) is 2.